The number of hydrogen-bond acceptors (Lipinski definition) is 7. The fourth-order valence-electron chi connectivity index (χ4n) is 3.74. The first-order chi connectivity index (χ1) is 16.7. The van der Waals surface area contributed by atoms with E-state index in [0.29, 0.717) is 17.1 Å². The van der Waals surface area contributed by atoms with Gasteiger partial charge in [-0.05, 0) is 57.3 Å². The van der Waals surface area contributed by atoms with Crippen LogP contribution in [0.4, 0.5) is 42.0 Å². The third-order valence-corrected chi connectivity index (χ3v) is 5.59. The number of carbonyl (C=O) groups excluding carboxylic acids is 1. The number of rotatable bonds is 7. The zero-order chi connectivity index (χ0) is 25.0. The topological polar surface area (TPSA) is 100 Å². The number of halogens is 3. The summed E-state index contributed by atoms with van der Waals surface area (Å²) in [6.45, 7) is 5.33. The fraction of sp³-hybridized carbons (Fsp3) is 0.304. The van der Waals surface area contributed by atoms with Crippen LogP contribution in [0.1, 0.15) is 24.4 Å². The first kappa shape index (κ1) is 24.2. The Morgan fingerprint density at radius 1 is 1.14 bits per heavy atom. The van der Waals surface area contributed by atoms with E-state index in [0.717, 1.165) is 38.2 Å². The summed E-state index contributed by atoms with van der Waals surface area (Å²) >= 11 is 0. The van der Waals surface area contributed by atoms with Crippen LogP contribution >= 0.6 is 0 Å². The molecule has 1 saturated heterocycles. The van der Waals surface area contributed by atoms with Crippen molar-refractivity contribution in [1.29, 1.82) is 0 Å². The number of benzene rings is 1. The Morgan fingerprint density at radius 2 is 1.89 bits per heavy atom. The van der Waals surface area contributed by atoms with E-state index in [1.807, 2.05) is 4.68 Å². The Balaban J connectivity index is 1.54. The lowest BCUT2D eigenvalue weighted by Gasteiger charge is -2.28. The molecular formula is C23H25F3N8O. The lowest BCUT2D eigenvalue weighted by atomic mass is 10.1. The minimum absolute atomic E-state index is 0.0143. The number of carbonyl (C=O) groups is 1. The Labute approximate surface area is 200 Å². The molecule has 3 heterocycles. The Bertz CT molecular complexity index is 1200. The molecular weight excluding hydrogens is 461 g/mol. The van der Waals surface area contributed by atoms with Crippen molar-refractivity contribution in [3.63, 3.8) is 0 Å². The summed E-state index contributed by atoms with van der Waals surface area (Å²) in [6.07, 6.45) is 2.48. The third-order valence-electron chi connectivity index (χ3n) is 5.59. The van der Waals surface area contributed by atoms with Crippen molar-refractivity contribution in [1.82, 2.24) is 24.6 Å². The van der Waals surface area contributed by atoms with E-state index in [1.165, 1.54) is 6.07 Å². The summed E-state index contributed by atoms with van der Waals surface area (Å²) in [5.41, 5.74) is 0.244. The molecule has 1 aromatic carbocycles. The van der Waals surface area contributed by atoms with Gasteiger partial charge in [-0.25, -0.2) is 4.98 Å². The average Bonchev–Trinajstić information content (AvgIpc) is 3.27. The maximum absolute atomic E-state index is 13.6. The van der Waals surface area contributed by atoms with Crippen LogP contribution in [0.2, 0.25) is 0 Å². The molecule has 0 unspecified atom stereocenters. The van der Waals surface area contributed by atoms with Gasteiger partial charge in [0.25, 0.3) is 0 Å². The van der Waals surface area contributed by atoms with Crippen molar-refractivity contribution in [3.8, 4) is 0 Å². The number of likely N-dealkylation sites (tertiary alicyclic amines) is 1. The minimum atomic E-state index is -4.67. The molecule has 12 heteroatoms. The number of alkyl halides is 3. The number of anilines is 5. The second-order valence-corrected chi connectivity index (χ2v) is 8.22. The molecule has 0 radical (unpaired) electrons. The van der Waals surface area contributed by atoms with Gasteiger partial charge in [0.15, 0.2) is 0 Å². The third kappa shape index (κ3) is 6.15. The zero-order valence-electron chi connectivity index (χ0n) is 19.0. The van der Waals surface area contributed by atoms with Crippen LogP contribution in [0.5, 0.6) is 0 Å². The fourth-order valence-corrected chi connectivity index (χ4v) is 3.74. The smallest absolute Gasteiger partial charge is 0.339 e. The molecule has 1 aliphatic rings. The van der Waals surface area contributed by atoms with Crippen LogP contribution in [0.3, 0.4) is 0 Å². The molecule has 3 aromatic rings. The molecule has 184 valence electrons. The second kappa shape index (κ2) is 10.1. The highest BCUT2D eigenvalue weighted by atomic mass is 19.4. The van der Waals surface area contributed by atoms with E-state index >= 15 is 0 Å². The van der Waals surface area contributed by atoms with Gasteiger partial charge in [0.05, 0.1) is 17.9 Å². The van der Waals surface area contributed by atoms with Gasteiger partial charge in [0, 0.05) is 23.8 Å². The normalized spacial score (nSPS) is 15.0. The van der Waals surface area contributed by atoms with E-state index in [2.05, 4.69) is 49.5 Å². The number of aromatic nitrogens is 4. The number of nitrogens with zero attached hydrogens (tertiary/aromatic N) is 5. The molecule has 0 aliphatic carbocycles. The molecule has 35 heavy (non-hydrogen) atoms. The molecule has 1 fully saturated rings. The highest BCUT2D eigenvalue weighted by molar-refractivity contribution is 5.99. The van der Waals surface area contributed by atoms with Crippen LogP contribution in [0.25, 0.3) is 0 Å². The monoisotopic (exact) mass is 486 g/mol. The number of amides is 1. The Morgan fingerprint density at radius 3 is 2.60 bits per heavy atom. The Hall–Kier alpha value is -3.93. The largest absolute Gasteiger partial charge is 0.421 e. The predicted octanol–water partition coefficient (Wildman–Crippen LogP) is 4.57. The quantitative estimate of drug-likeness (QED) is 0.421. The van der Waals surface area contributed by atoms with Crippen LogP contribution in [0.15, 0.2) is 55.5 Å². The first-order valence-corrected chi connectivity index (χ1v) is 11.0. The maximum Gasteiger partial charge on any atom is 0.421 e. The highest BCUT2D eigenvalue weighted by Crippen LogP contribution is 2.35. The molecule has 0 saturated carbocycles. The molecule has 2 aromatic heterocycles. The van der Waals surface area contributed by atoms with Gasteiger partial charge >= 0.3 is 6.18 Å². The van der Waals surface area contributed by atoms with Crippen LogP contribution in [0, 0.1) is 0 Å². The highest BCUT2D eigenvalue weighted by Gasteiger charge is 2.35. The Kier molecular flexibility index (Phi) is 7.01. The molecule has 4 rings (SSSR count). The average molecular weight is 487 g/mol. The molecule has 0 bridgehead atoms. The van der Waals surface area contributed by atoms with Crippen molar-refractivity contribution in [2.24, 2.45) is 0 Å². The number of nitrogens with one attached hydrogen (secondary N) is 3. The zero-order valence-corrected chi connectivity index (χ0v) is 19.0. The molecule has 1 aliphatic heterocycles. The van der Waals surface area contributed by atoms with Gasteiger partial charge in [-0.1, -0.05) is 12.6 Å². The van der Waals surface area contributed by atoms with E-state index < -0.39 is 23.5 Å². The summed E-state index contributed by atoms with van der Waals surface area (Å²) in [7, 11) is 2.08. The molecule has 9 nitrogen and oxygen atoms in total. The maximum atomic E-state index is 13.6. The van der Waals surface area contributed by atoms with Crippen molar-refractivity contribution < 1.29 is 18.0 Å². The van der Waals surface area contributed by atoms with Gasteiger partial charge in [-0.15, -0.1) is 0 Å². The molecule has 3 N–H and O–H groups in total. The SMILES string of the molecule is C=CC(=O)Nc1cccc(Nc2nc(Nc3cnn(C4CCN(C)CC4)c3)ncc2C(F)(F)F)c1. The first-order valence-electron chi connectivity index (χ1n) is 11.0. The van der Waals surface area contributed by atoms with Crippen LogP contribution in [-0.4, -0.2) is 50.7 Å². The lowest BCUT2D eigenvalue weighted by Crippen LogP contribution is -2.31. The van der Waals surface area contributed by atoms with Gasteiger partial charge in [-0.2, -0.15) is 23.3 Å². The van der Waals surface area contributed by atoms with E-state index in [-0.39, 0.29) is 12.0 Å². The van der Waals surface area contributed by atoms with E-state index in [4.69, 9.17) is 0 Å². The van der Waals surface area contributed by atoms with Crippen molar-refractivity contribution in [3.05, 3.63) is 61.1 Å². The number of piperidine rings is 1. The van der Waals surface area contributed by atoms with Gasteiger partial charge in [0.2, 0.25) is 11.9 Å². The molecule has 1 amide bonds. The lowest BCUT2D eigenvalue weighted by molar-refractivity contribution is -0.137. The summed E-state index contributed by atoms with van der Waals surface area (Å²) in [4.78, 5) is 21.7. The summed E-state index contributed by atoms with van der Waals surface area (Å²) in [5, 5.41) is 12.6. The van der Waals surface area contributed by atoms with Crippen molar-refractivity contribution >= 4 is 34.7 Å². The molecule has 0 spiro atoms. The van der Waals surface area contributed by atoms with Gasteiger partial charge < -0.3 is 20.9 Å². The number of hydrogen-bond donors (Lipinski definition) is 3. The standard InChI is InChI=1S/C23H25F3N8O/c1-3-20(35)29-15-5-4-6-16(11-15)30-21-19(23(24,25)26)13-27-22(32-21)31-17-12-28-34(14-17)18-7-9-33(2)10-8-18/h3-6,11-14,18H,1,7-10H2,2H3,(H,29,35)(H2,27,30,31,32). The van der Waals surface area contributed by atoms with Gasteiger partial charge in [0.1, 0.15) is 11.4 Å². The van der Waals surface area contributed by atoms with Gasteiger partial charge in [-0.3, -0.25) is 9.48 Å². The summed E-state index contributed by atoms with van der Waals surface area (Å²) < 4.78 is 42.7. The van der Waals surface area contributed by atoms with Crippen LogP contribution < -0.4 is 16.0 Å². The van der Waals surface area contributed by atoms with E-state index in [9.17, 15) is 18.0 Å². The van der Waals surface area contributed by atoms with E-state index in [1.54, 1.807) is 30.6 Å². The summed E-state index contributed by atoms with van der Waals surface area (Å²) in [5.74, 6) is -0.878. The minimum Gasteiger partial charge on any atom is -0.339 e. The summed E-state index contributed by atoms with van der Waals surface area (Å²) in [6, 6.07) is 6.51. The predicted molar refractivity (Wildman–Crippen MR) is 127 cm³/mol. The molecule has 0 atom stereocenters. The second-order valence-electron chi connectivity index (χ2n) is 8.22. The van der Waals surface area contributed by atoms with Crippen molar-refractivity contribution in [2.75, 3.05) is 36.1 Å². The van der Waals surface area contributed by atoms with Crippen LogP contribution in [-0.2, 0) is 11.0 Å². The van der Waals surface area contributed by atoms with Crippen molar-refractivity contribution in [2.45, 2.75) is 25.1 Å².